The van der Waals surface area contributed by atoms with Gasteiger partial charge < -0.3 is 20.1 Å². The van der Waals surface area contributed by atoms with E-state index >= 15 is 0 Å². The summed E-state index contributed by atoms with van der Waals surface area (Å²) in [5.41, 5.74) is 1.48. The molecule has 0 saturated heterocycles. The number of benzene rings is 1. The lowest BCUT2D eigenvalue weighted by Gasteiger charge is -2.15. The SMILES string of the molecule is CCCNC(=O)Nc1ccc(OC)c(C)c1OC. The largest absolute Gasteiger partial charge is 0.496 e. The number of methoxy groups -OCH3 is 2. The van der Waals surface area contributed by atoms with Gasteiger partial charge in [-0.2, -0.15) is 0 Å². The molecule has 0 fully saturated rings. The number of anilines is 1. The minimum Gasteiger partial charge on any atom is -0.496 e. The highest BCUT2D eigenvalue weighted by Gasteiger charge is 2.12. The summed E-state index contributed by atoms with van der Waals surface area (Å²) in [5.74, 6) is 1.34. The first-order chi connectivity index (χ1) is 8.63. The van der Waals surface area contributed by atoms with E-state index in [2.05, 4.69) is 10.6 Å². The molecular formula is C13H20N2O3. The van der Waals surface area contributed by atoms with Crippen molar-refractivity contribution in [2.24, 2.45) is 0 Å². The Hall–Kier alpha value is -1.91. The Kier molecular flexibility index (Phi) is 5.30. The number of carbonyl (C=O) groups excluding carboxylic acids is 1. The van der Waals surface area contributed by atoms with Crippen LogP contribution in [-0.2, 0) is 0 Å². The van der Waals surface area contributed by atoms with Crippen molar-refractivity contribution < 1.29 is 14.3 Å². The molecule has 2 N–H and O–H groups in total. The summed E-state index contributed by atoms with van der Waals surface area (Å²) >= 11 is 0. The third kappa shape index (κ3) is 3.29. The van der Waals surface area contributed by atoms with Gasteiger partial charge in [0.25, 0.3) is 0 Å². The lowest BCUT2D eigenvalue weighted by atomic mass is 10.1. The highest BCUT2D eigenvalue weighted by atomic mass is 16.5. The number of hydrogen-bond acceptors (Lipinski definition) is 3. The zero-order valence-electron chi connectivity index (χ0n) is 11.3. The lowest BCUT2D eigenvalue weighted by Crippen LogP contribution is -2.29. The van der Waals surface area contributed by atoms with Crippen molar-refractivity contribution >= 4 is 11.7 Å². The van der Waals surface area contributed by atoms with Crippen LogP contribution >= 0.6 is 0 Å². The number of urea groups is 1. The molecule has 1 rings (SSSR count). The van der Waals surface area contributed by atoms with Crippen LogP contribution in [0, 0.1) is 6.92 Å². The smallest absolute Gasteiger partial charge is 0.319 e. The molecular weight excluding hydrogens is 232 g/mol. The van der Waals surface area contributed by atoms with Crippen molar-refractivity contribution in [3.05, 3.63) is 17.7 Å². The summed E-state index contributed by atoms with van der Waals surface area (Å²) in [6.07, 6.45) is 0.895. The van der Waals surface area contributed by atoms with Crippen LogP contribution in [0.2, 0.25) is 0 Å². The predicted octanol–water partition coefficient (Wildman–Crippen LogP) is 2.54. The molecule has 0 saturated carbocycles. The van der Waals surface area contributed by atoms with Gasteiger partial charge in [-0.1, -0.05) is 6.92 Å². The van der Waals surface area contributed by atoms with E-state index in [0.717, 1.165) is 17.7 Å². The topological polar surface area (TPSA) is 59.6 Å². The molecule has 0 bridgehead atoms. The van der Waals surface area contributed by atoms with Crippen LogP contribution in [0.25, 0.3) is 0 Å². The van der Waals surface area contributed by atoms with Crippen LogP contribution in [0.4, 0.5) is 10.5 Å². The van der Waals surface area contributed by atoms with Gasteiger partial charge in [0.1, 0.15) is 11.5 Å². The summed E-state index contributed by atoms with van der Waals surface area (Å²) in [5, 5.41) is 5.50. The first-order valence-electron chi connectivity index (χ1n) is 5.90. The molecule has 5 heteroatoms. The third-order valence-corrected chi connectivity index (χ3v) is 2.56. The lowest BCUT2D eigenvalue weighted by molar-refractivity contribution is 0.252. The number of hydrogen-bond donors (Lipinski definition) is 2. The predicted molar refractivity (Wildman–Crippen MR) is 71.6 cm³/mol. The molecule has 0 heterocycles. The van der Waals surface area contributed by atoms with E-state index in [4.69, 9.17) is 9.47 Å². The highest BCUT2D eigenvalue weighted by molar-refractivity contribution is 5.91. The van der Waals surface area contributed by atoms with E-state index in [1.807, 2.05) is 13.8 Å². The van der Waals surface area contributed by atoms with E-state index < -0.39 is 0 Å². The van der Waals surface area contributed by atoms with Crippen LogP contribution < -0.4 is 20.1 Å². The summed E-state index contributed by atoms with van der Waals surface area (Å²) in [6, 6.07) is 3.32. The number of nitrogens with one attached hydrogen (secondary N) is 2. The number of ether oxygens (including phenoxy) is 2. The molecule has 0 aromatic heterocycles. The van der Waals surface area contributed by atoms with E-state index in [-0.39, 0.29) is 6.03 Å². The van der Waals surface area contributed by atoms with Gasteiger partial charge in [0.15, 0.2) is 0 Å². The average molecular weight is 252 g/mol. The van der Waals surface area contributed by atoms with E-state index in [1.165, 1.54) is 0 Å². The Morgan fingerprint density at radius 2 is 2.00 bits per heavy atom. The zero-order chi connectivity index (χ0) is 13.5. The maximum atomic E-state index is 11.6. The molecule has 2 amide bonds. The molecule has 0 spiro atoms. The van der Waals surface area contributed by atoms with E-state index in [1.54, 1.807) is 26.4 Å². The van der Waals surface area contributed by atoms with Gasteiger partial charge in [-0.25, -0.2) is 4.79 Å². The second kappa shape index (κ2) is 6.74. The molecule has 0 aliphatic carbocycles. The molecule has 18 heavy (non-hydrogen) atoms. The van der Waals surface area contributed by atoms with Gasteiger partial charge >= 0.3 is 6.03 Å². The minimum atomic E-state index is -0.236. The van der Waals surface area contributed by atoms with Gasteiger partial charge in [0.05, 0.1) is 19.9 Å². The standard InChI is InChI=1S/C13H20N2O3/c1-5-8-14-13(16)15-10-6-7-11(17-3)9(2)12(10)18-4/h6-7H,5,8H2,1-4H3,(H2,14,15,16). The summed E-state index contributed by atoms with van der Waals surface area (Å²) in [7, 11) is 3.17. The molecule has 5 nitrogen and oxygen atoms in total. The Morgan fingerprint density at radius 3 is 2.56 bits per heavy atom. The summed E-state index contributed by atoms with van der Waals surface area (Å²) < 4.78 is 10.5. The van der Waals surface area contributed by atoms with Gasteiger partial charge in [0, 0.05) is 12.1 Å². The summed E-state index contributed by atoms with van der Waals surface area (Å²) in [4.78, 5) is 11.6. The minimum absolute atomic E-state index is 0.236. The fourth-order valence-corrected chi connectivity index (χ4v) is 1.66. The maximum Gasteiger partial charge on any atom is 0.319 e. The molecule has 0 radical (unpaired) electrons. The van der Waals surface area contributed by atoms with Crippen molar-refractivity contribution in [2.45, 2.75) is 20.3 Å². The highest BCUT2D eigenvalue weighted by Crippen LogP contribution is 2.34. The Bertz CT molecular complexity index is 419. The number of rotatable bonds is 5. The number of carbonyl (C=O) groups is 1. The van der Waals surface area contributed by atoms with Gasteiger partial charge in [-0.05, 0) is 25.5 Å². The van der Waals surface area contributed by atoms with Crippen molar-refractivity contribution in [2.75, 3.05) is 26.1 Å². The first-order valence-corrected chi connectivity index (χ1v) is 5.90. The third-order valence-electron chi connectivity index (χ3n) is 2.56. The van der Waals surface area contributed by atoms with E-state index in [9.17, 15) is 4.79 Å². The molecule has 0 atom stereocenters. The molecule has 1 aromatic carbocycles. The van der Waals surface area contributed by atoms with Gasteiger partial charge in [-0.15, -0.1) is 0 Å². The maximum absolute atomic E-state index is 11.6. The molecule has 1 aromatic rings. The average Bonchev–Trinajstić information content (AvgIpc) is 2.37. The monoisotopic (exact) mass is 252 g/mol. The second-order valence-corrected chi connectivity index (χ2v) is 3.85. The fourth-order valence-electron chi connectivity index (χ4n) is 1.66. The quantitative estimate of drug-likeness (QED) is 0.846. The molecule has 0 aliphatic heterocycles. The second-order valence-electron chi connectivity index (χ2n) is 3.85. The molecule has 0 aliphatic rings. The van der Waals surface area contributed by atoms with E-state index in [0.29, 0.717) is 18.0 Å². The zero-order valence-corrected chi connectivity index (χ0v) is 11.3. The molecule has 0 unspecified atom stereocenters. The van der Waals surface area contributed by atoms with Crippen molar-refractivity contribution in [1.29, 1.82) is 0 Å². The van der Waals surface area contributed by atoms with Crippen LogP contribution in [0.1, 0.15) is 18.9 Å². The van der Waals surface area contributed by atoms with Gasteiger partial charge in [-0.3, -0.25) is 0 Å². The summed E-state index contributed by atoms with van der Waals surface area (Å²) in [6.45, 7) is 4.52. The molecule has 100 valence electrons. The van der Waals surface area contributed by atoms with Crippen LogP contribution in [-0.4, -0.2) is 26.8 Å². The number of amides is 2. The van der Waals surface area contributed by atoms with Crippen molar-refractivity contribution in [3.8, 4) is 11.5 Å². The van der Waals surface area contributed by atoms with Gasteiger partial charge in [0.2, 0.25) is 0 Å². The van der Waals surface area contributed by atoms with Crippen molar-refractivity contribution in [3.63, 3.8) is 0 Å². The first kappa shape index (κ1) is 14.2. The van der Waals surface area contributed by atoms with Crippen LogP contribution in [0.15, 0.2) is 12.1 Å². The Labute approximate surface area is 107 Å². The fraction of sp³-hybridized carbons (Fsp3) is 0.462. The van der Waals surface area contributed by atoms with Crippen LogP contribution in [0.3, 0.4) is 0 Å². The van der Waals surface area contributed by atoms with Crippen LogP contribution in [0.5, 0.6) is 11.5 Å². The Balaban J connectivity index is 2.89. The Morgan fingerprint density at radius 1 is 1.28 bits per heavy atom. The van der Waals surface area contributed by atoms with Crippen molar-refractivity contribution in [1.82, 2.24) is 5.32 Å². The normalized spacial score (nSPS) is 9.78.